The summed E-state index contributed by atoms with van der Waals surface area (Å²) >= 11 is 0. The zero-order chi connectivity index (χ0) is 19.2. The van der Waals surface area contributed by atoms with Gasteiger partial charge < -0.3 is 20.3 Å². The molecule has 1 aromatic carbocycles. The summed E-state index contributed by atoms with van der Waals surface area (Å²) in [5, 5.41) is 5.08. The number of alkyl carbamates (subject to hydrolysis) is 1. The Morgan fingerprint density at radius 3 is 2.20 bits per heavy atom. The van der Waals surface area contributed by atoms with Crippen LogP contribution >= 0.6 is 0 Å². The third-order valence-electron chi connectivity index (χ3n) is 3.34. The maximum absolute atomic E-state index is 12.4. The van der Waals surface area contributed by atoms with Gasteiger partial charge >= 0.3 is 6.09 Å². The van der Waals surface area contributed by atoms with Gasteiger partial charge in [-0.15, -0.1) is 0 Å². The Morgan fingerprint density at radius 2 is 1.72 bits per heavy atom. The molecule has 1 aromatic rings. The maximum Gasteiger partial charge on any atom is 0.408 e. The Labute approximate surface area is 148 Å². The number of carbonyl (C=O) groups is 3. The van der Waals surface area contributed by atoms with Gasteiger partial charge in [-0.2, -0.15) is 0 Å². The number of rotatable bonds is 5. The smallest absolute Gasteiger partial charge is 0.408 e. The van der Waals surface area contributed by atoms with Gasteiger partial charge in [-0.25, -0.2) is 4.79 Å². The number of nitrogens with one attached hydrogen (secondary N) is 2. The number of likely N-dealkylation sites (N-methyl/N-ethyl adjacent to an activating group) is 1. The first-order valence-electron chi connectivity index (χ1n) is 8.09. The quantitative estimate of drug-likeness (QED) is 0.850. The van der Waals surface area contributed by atoms with E-state index < -0.39 is 17.7 Å². The molecule has 0 heterocycles. The van der Waals surface area contributed by atoms with Crippen LogP contribution in [-0.4, -0.2) is 48.5 Å². The molecule has 0 aliphatic heterocycles. The average Bonchev–Trinajstić information content (AvgIpc) is 2.52. The third-order valence-corrected chi connectivity index (χ3v) is 3.34. The second-order valence-corrected chi connectivity index (χ2v) is 6.84. The highest BCUT2D eigenvalue weighted by molar-refractivity contribution is 5.94. The topological polar surface area (TPSA) is 87.7 Å². The molecule has 1 rings (SSSR count). The first-order chi connectivity index (χ1) is 11.5. The normalized spacial score (nSPS) is 12.1. The molecule has 0 saturated heterocycles. The number of carbonyl (C=O) groups excluding carboxylic acids is 3. The zero-order valence-corrected chi connectivity index (χ0v) is 15.7. The fraction of sp³-hybridized carbons (Fsp3) is 0.500. The molecule has 0 aliphatic carbocycles. The van der Waals surface area contributed by atoms with Crippen LogP contribution in [0.25, 0.3) is 0 Å². The standard InChI is InChI=1S/C18H27N3O4/c1-12(20-17(24)25-18(2,3)4)16(23)21(6)11-13-7-9-14(10-8-13)15(22)19-5/h7-10,12H,11H2,1-6H3,(H,19,22)(H,20,24)/t12-/m1/s1. The van der Waals surface area contributed by atoms with Crippen molar-refractivity contribution in [2.24, 2.45) is 0 Å². The first-order valence-corrected chi connectivity index (χ1v) is 8.09. The van der Waals surface area contributed by atoms with E-state index in [9.17, 15) is 14.4 Å². The second kappa shape index (κ2) is 8.50. The van der Waals surface area contributed by atoms with Crippen LogP contribution in [0, 0.1) is 0 Å². The van der Waals surface area contributed by atoms with Gasteiger partial charge in [-0.1, -0.05) is 12.1 Å². The van der Waals surface area contributed by atoms with Crippen LogP contribution in [0.5, 0.6) is 0 Å². The number of amides is 3. The van der Waals surface area contributed by atoms with Gasteiger partial charge in [0.1, 0.15) is 11.6 Å². The zero-order valence-electron chi connectivity index (χ0n) is 15.7. The number of benzene rings is 1. The van der Waals surface area contributed by atoms with Crippen LogP contribution in [0.4, 0.5) is 4.79 Å². The van der Waals surface area contributed by atoms with Crippen molar-refractivity contribution < 1.29 is 19.1 Å². The molecule has 25 heavy (non-hydrogen) atoms. The molecule has 138 valence electrons. The lowest BCUT2D eigenvalue weighted by molar-refractivity contribution is -0.132. The molecular formula is C18H27N3O4. The monoisotopic (exact) mass is 349 g/mol. The Hall–Kier alpha value is -2.57. The summed E-state index contributed by atoms with van der Waals surface area (Å²) < 4.78 is 5.14. The van der Waals surface area contributed by atoms with Crippen LogP contribution in [0.3, 0.4) is 0 Å². The Balaban J connectivity index is 2.61. The lowest BCUT2D eigenvalue weighted by Crippen LogP contribution is -2.46. The molecule has 7 nitrogen and oxygen atoms in total. The van der Waals surface area contributed by atoms with Crippen molar-refractivity contribution in [1.29, 1.82) is 0 Å². The first kappa shape index (κ1) is 20.5. The van der Waals surface area contributed by atoms with Crippen molar-refractivity contribution in [2.75, 3.05) is 14.1 Å². The summed E-state index contributed by atoms with van der Waals surface area (Å²) in [6.07, 6.45) is -0.628. The highest BCUT2D eigenvalue weighted by atomic mass is 16.6. The summed E-state index contributed by atoms with van der Waals surface area (Å²) in [4.78, 5) is 37.1. The molecule has 0 aliphatic rings. The Morgan fingerprint density at radius 1 is 1.16 bits per heavy atom. The SMILES string of the molecule is CNC(=O)c1ccc(CN(C)C(=O)[C@@H](C)NC(=O)OC(C)(C)C)cc1. The largest absolute Gasteiger partial charge is 0.444 e. The minimum absolute atomic E-state index is 0.161. The third kappa shape index (κ3) is 6.82. The van der Waals surface area contributed by atoms with E-state index in [4.69, 9.17) is 4.74 Å². The molecule has 0 saturated carbocycles. The van der Waals surface area contributed by atoms with E-state index in [-0.39, 0.29) is 11.8 Å². The lowest BCUT2D eigenvalue weighted by atomic mass is 10.1. The van der Waals surface area contributed by atoms with E-state index in [1.807, 2.05) is 0 Å². The van der Waals surface area contributed by atoms with Gasteiger partial charge in [0, 0.05) is 26.2 Å². The van der Waals surface area contributed by atoms with E-state index >= 15 is 0 Å². The van der Waals surface area contributed by atoms with Gasteiger partial charge in [-0.3, -0.25) is 9.59 Å². The van der Waals surface area contributed by atoms with Gasteiger partial charge in [0.05, 0.1) is 0 Å². The minimum Gasteiger partial charge on any atom is -0.444 e. The average molecular weight is 349 g/mol. The van der Waals surface area contributed by atoms with Crippen molar-refractivity contribution in [3.63, 3.8) is 0 Å². The highest BCUT2D eigenvalue weighted by Crippen LogP contribution is 2.09. The molecule has 0 aromatic heterocycles. The Bertz CT molecular complexity index is 620. The molecule has 0 unspecified atom stereocenters. The van der Waals surface area contributed by atoms with Gasteiger partial charge in [-0.05, 0) is 45.4 Å². The number of ether oxygens (including phenoxy) is 1. The predicted octanol–water partition coefficient (Wildman–Crippen LogP) is 1.92. The molecule has 0 radical (unpaired) electrons. The van der Waals surface area contributed by atoms with Crippen LogP contribution in [0.15, 0.2) is 24.3 Å². The van der Waals surface area contributed by atoms with Crippen molar-refractivity contribution >= 4 is 17.9 Å². The van der Waals surface area contributed by atoms with E-state index in [2.05, 4.69) is 10.6 Å². The second-order valence-electron chi connectivity index (χ2n) is 6.84. The van der Waals surface area contributed by atoms with E-state index in [0.717, 1.165) is 5.56 Å². The van der Waals surface area contributed by atoms with Crippen LogP contribution in [0.1, 0.15) is 43.6 Å². The Kier molecular flexibility index (Phi) is 6.97. The summed E-state index contributed by atoms with van der Waals surface area (Å²) in [5.41, 5.74) is 0.818. The summed E-state index contributed by atoms with van der Waals surface area (Å²) in [5.74, 6) is -0.396. The van der Waals surface area contributed by atoms with E-state index in [1.165, 1.54) is 4.90 Å². The van der Waals surface area contributed by atoms with Gasteiger partial charge in [0.15, 0.2) is 0 Å². The van der Waals surface area contributed by atoms with Crippen LogP contribution in [0.2, 0.25) is 0 Å². The molecule has 1 atom stereocenters. The van der Waals surface area contributed by atoms with Crippen LogP contribution < -0.4 is 10.6 Å². The van der Waals surface area contributed by atoms with E-state index in [0.29, 0.717) is 12.1 Å². The molecular weight excluding hydrogens is 322 g/mol. The van der Waals surface area contributed by atoms with Crippen molar-refractivity contribution in [3.05, 3.63) is 35.4 Å². The molecule has 7 heteroatoms. The van der Waals surface area contributed by atoms with Crippen molar-refractivity contribution in [3.8, 4) is 0 Å². The van der Waals surface area contributed by atoms with E-state index in [1.54, 1.807) is 66.1 Å². The number of hydrogen-bond acceptors (Lipinski definition) is 4. The van der Waals surface area contributed by atoms with Gasteiger partial charge in [0.25, 0.3) is 5.91 Å². The lowest BCUT2D eigenvalue weighted by Gasteiger charge is -2.24. The van der Waals surface area contributed by atoms with Crippen molar-refractivity contribution in [1.82, 2.24) is 15.5 Å². The molecule has 0 bridgehead atoms. The molecule has 2 N–H and O–H groups in total. The summed E-state index contributed by atoms with van der Waals surface area (Å²) in [6, 6.07) is 6.29. The molecule has 0 fully saturated rings. The summed E-state index contributed by atoms with van der Waals surface area (Å²) in [7, 11) is 3.23. The van der Waals surface area contributed by atoms with Crippen molar-refractivity contribution in [2.45, 2.75) is 45.9 Å². The fourth-order valence-corrected chi connectivity index (χ4v) is 2.13. The minimum atomic E-state index is -0.704. The number of nitrogens with zero attached hydrogens (tertiary/aromatic N) is 1. The predicted molar refractivity (Wildman–Crippen MR) is 95.1 cm³/mol. The van der Waals surface area contributed by atoms with Gasteiger partial charge in [0.2, 0.25) is 5.91 Å². The van der Waals surface area contributed by atoms with Crippen LogP contribution in [-0.2, 0) is 16.1 Å². The molecule has 3 amide bonds. The highest BCUT2D eigenvalue weighted by Gasteiger charge is 2.23. The molecule has 0 spiro atoms. The number of hydrogen-bond donors (Lipinski definition) is 2. The maximum atomic E-state index is 12.4. The fourth-order valence-electron chi connectivity index (χ4n) is 2.13. The summed E-state index contributed by atoms with van der Waals surface area (Å²) in [6.45, 7) is 7.25.